The van der Waals surface area contributed by atoms with E-state index >= 15 is 0 Å². The third-order valence-electron chi connectivity index (χ3n) is 8.95. The first-order chi connectivity index (χ1) is 18.1. The van der Waals surface area contributed by atoms with Crippen molar-refractivity contribution in [3.63, 3.8) is 0 Å². The molecule has 0 heterocycles. The normalized spacial score (nSPS) is 12.6. The highest BCUT2D eigenvalue weighted by Crippen LogP contribution is 2.18. The molecule has 1 atom stereocenters. The van der Waals surface area contributed by atoms with Gasteiger partial charge in [0.15, 0.2) is 6.23 Å². The Morgan fingerprint density at radius 3 is 0.763 bits per heavy atom. The molecule has 0 aromatic heterocycles. The zero-order valence-corrected chi connectivity index (χ0v) is 27.8. The molecule has 1 N–H and O–H groups in total. The van der Waals surface area contributed by atoms with Gasteiger partial charge in [0.1, 0.15) is 0 Å². The summed E-state index contributed by atoms with van der Waals surface area (Å²) in [4.78, 5) is 0. The molecule has 0 aliphatic carbocycles. The van der Waals surface area contributed by atoms with E-state index in [1.54, 1.807) is 0 Å². The number of hydrogen-bond donors (Lipinski definition) is 1. The molecule has 0 amide bonds. The maximum absolute atomic E-state index is 10.5. The molecular weight excluding hydrogens is 486 g/mol. The zero-order chi connectivity index (χ0) is 27.3. The minimum absolute atomic E-state index is 0. The highest BCUT2D eigenvalue weighted by molar-refractivity contribution is 4.52. The van der Waals surface area contributed by atoms with E-state index < -0.39 is 0 Å². The van der Waals surface area contributed by atoms with Crippen molar-refractivity contribution >= 4 is 0 Å². The molecule has 1 unspecified atom stereocenters. The van der Waals surface area contributed by atoms with Crippen LogP contribution in [0.15, 0.2) is 0 Å². The lowest BCUT2D eigenvalue weighted by atomic mass is 10.0. The largest absolute Gasteiger partial charge is 1.00 e. The number of aliphatic hydroxyl groups is 1. The predicted octanol–water partition coefficient (Wildman–Crippen LogP) is 8.74. The van der Waals surface area contributed by atoms with Crippen molar-refractivity contribution < 1.29 is 22.0 Å². The average molecular weight is 560 g/mol. The first kappa shape index (κ1) is 40.3. The summed E-state index contributed by atoms with van der Waals surface area (Å²) in [5.41, 5.74) is 0. The zero-order valence-electron chi connectivity index (χ0n) is 27.1. The molecule has 0 bridgehead atoms. The number of hydrogen-bond acceptors (Lipinski definition) is 1. The van der Waals surface area contributed by atoms with E-state index in [9.17, 15) is 5.11 Å². The summed E-state index contributed by atoms with van der Waals surface area (Å²) in [7, 11) is 2.29. The minimum atomic E-state index is -0.232. The van der Waals surface area contributed by atoms with Crippen molar-refractivity contribution in [3.8, 4) is 0 Å². The Labute approximate surface area is 248 Å². The third-order valence-corrected chi connectivity index (χ3v) is 8.95. The lowest BCUT2D eigenvalue weighted by Gasteiger charge is -2.37. The Balaban J connectivity index is 0. The summed E-state index contributed by atoms with van der Waals surface area (Å²) >= 11 is 0. The molecule has 38 heavy (non-hydrogen) atoms. The first-order valence-electron chi connectivity index (χ1n) is 17.6. The minimum Gasteiger partial charge on any atom is -1.00 e. The van der Waals surface area contributed by atoms with E-state index in [1.807, 2.05) is 6.92 Å². The summed E-state index contributed by atoms with van der Waals surface area (Å²) in [6.45, 7) is 8.90. The Hall–Kier alpha value is 0.210. The molecule has 0 aromatic rings. The number of aliphatic hydroxyl groups excluding tert-OH is 1. The molecule has 0 spiro atoms. The summed E-state index contributed by atoms with van der Waals surface area (Å²) in [6, 6.07) is 0. The Morgan fingerprint density at radius 1 is 0.395 bits per heavy atom. The fraction of sp³-hybridized carbons (Fsp3) is 1.00. The molecule has 0 saturated heterocycles. The quantitative estimate of drug-likeness (QED) is 0.0511. The summed E-state index contributed by atoms with van der Waals surface area (Å²) in [5, 5.41) is 10.5. The fourth-order valence-electron chi connectivity index (χ4n) is 5.82. The monoisotopic (exact) mass is 560 g/mol. The predicted molar refractivity (Wildman–Crippen MR) is 168 cm³/mol. The van der Waals surface area contributed by atoms with Gasteiger partial charge in [-0.05, 0) is 25.7 Å². The Morgan fingerprint density at radius 2 is 0.579 bits per heavy atom. The molecule has 0 saturated carbocycles. The second-order valence-corrected chi connectivity index (χ2v) is 12.8. The number of rotatable bonds is 31. The number of nitrogens with zero attached hydrogens (tertiary/aromatic N) is 1. The van der Waals surface area contributed by atoms with Gasteiger partial charge in [-0.15, -0.1) is 0 Å². The van der Waals surface area contributed by atoms with Crippen molar-refractivity contribution in [3.05, 3.63) is 0 Å². The molecule has 0 aromatic carbocycles. The molecule has 3 heteroatoms. The summed E-state index contributed by atoms with van der Waals surface area (Å²) < 4.78 is 0.858. The van der Waals surface area contributed by atoms with Crippen molar-refractivity contribution in [1.82, 2.24) is 0 Å². The van der Waals surface area contributed by atoms with E-state index in [4.69, 9.17) is 0 Å². The van der Waals surface area contributed by atoms with Crippen LogP contribution >= 0.6 is 0 Å². The van der Waals surface area contributed by atoms with E-state index in [2.05, 4.69) is 20.9 Å². The Bertz CT molecular complexity index is 396. The SMILES string of the molecule is CCCCCCCCCCCCCCCC[N+](C)(CCCCCCCCCCCCCCCC)C(C)O.[Cl-]. The molecule has 0 aliphatic rings. The molecule has 0 fully saturated rings. The van der Waals surface area contributed by atoms with E-state index in [-0.39, 0.29) is 18.6 Å². The smallest absolute Gasteiger partial charge is 0.187 e. The van der Waals surface area contributed by atoms with E-state index in [1.165, 1.54) is 180 Å². The highest BCUT2D eigenvalue weighted by atomic mass is 35.5. The topological polar surface area (TPSA) is 20.2 Å². The van der Waals surface area contributed by atoms with Crippen LogP contribution < -0.4 is 12.4 Å². The van der Waals surface area contributed by atoms with Crippen LogP contribution in [0.5, 0.6) is 0 Å². The molecular formula is C35H74ClNO. The molecule has 0 radical (unpaired) electrons. The van der Waals surface area contributed by atoms with Crippen molar-refractivity contribution in [2.24, 2.45) is 0 Å². The fourth-order valence-corrected chi connectivity index (χ4v) is 5.82. The van der Waals surface area contributed by atoms with Crippen molar-refractivity contribution in [1.29, 1.82) is 0 Å². The Kier molecular flexibility index (Phi) is 33.7. The van der Waals surface area contributed by atoms with Crippen LogP contribution in [0.3, 0.4) is 0 Å². The highest BCUT2D eigenvalue weighted by Gasteiger charge is 2.26. The van der Waals surface area contributed by atoms with E-state index in [0.717, 1.165) is 17.6 Å². The second kappa shape index (κ2) is 31.7. The van der Waals surface area contributed by atoms with Crippen molar-refractivity contribution in [2.75, 3.05) is 20.1 Å². The van der Waals surface area contributed by atoms with Gasteiger partial charge in [0.25, 0.3) is 0 Å². The van der Waals surface area contributed by atoms with Crippen LogP contribution in [-0.4, -0.2) is 36.0 Å². The van der Waals surface area contributed by atoms with Crippen LogP contribution in [0.2, 0.25) is 0 Å². The summed E-state index contributed by atoms with van der Waals surface area (Å²) in [6.07, 6.45) is 39.3. The van der Waals surface area contributed by atoms with Gasteiger partial charge in [-0.3, -0.25) is 0 Å². The van der Waals surface area contributed by atoms with Crippen LogP contribution in [0.1, 0.15) is 201 Å². The van der Waals surface area contributed by atoms with Crippen LogP contribution in [0.25, 0.3) is 0 Å². The summed E-state index contributed by atoms with van der Waals surface area (Å²) in [5.74, 6) is 0. The lowest BCUT2D eigenvalue weighted by molar-refractivity contribution is -0.952. The van der Waals surface area contributed by atoms with Gasteiger partial charge in [0.05, 0.1) is 20.1 Å². The lowest BCUT2D eigenvalue weighted by Crippen LogP contribution is -3.00. The number of unbranched alkanes of at least 4 members (excludes halogenated alkanes) is 26. The van der Waals surface area contributed by atoms with Crippen molar-refractivity contribution in [2.45, 2.75) is 207 Å². The van der Waals surface area contributed by atoms with Gasteiger partial charge in [-0.25, -0.2) is 0 Å². The average Bonchev–Trinajstić information content (AvgIpc) is 2.89. The van der Waals surface area contributed by atoms with Crippen LogP contribution in [0.4, 0.5) is 0 Å². The van der Waals surface area contributed by atoms with Gasteiger partial charge in [-0.2, -0.15) is 0 Å². The molecule has 0 aliphatic heterocycles. The third kappa shape index (κ3) is 27.8. The maximum atomic E-state index is 10.5. The first-order valence-corrected chi connectivity index (χ1v) is 17.6. The number of quaternary nitrogens is 1. The van der Waals surface area contributed by atoms with Crippen LogP contribution in [0, 0.1) is 0 Å². The molecule has 2 nitrogen and oxygen atoms in total. The van der Waals surface area contributed by atoms with E-state index in [0.29, 0.717) is 0 Å². The van der Waals surface area contributed by atoms with Gasteiger partial charge < -0.3 is 22.0 Å². The molecule has 0 rings (SSSR count). The standard InChI is InChI=1S/C35H74NO.ClH/c1-5-7-9-11-13-15-17-19-21-23-25-27-29-31-33-36(4,35(3)37)34-32-30-28-26-24-22-20-18-16-14-12-10-8-6-2;/h35,37H,5-34H2,1-4H3;1H/q+1;/p-1. The van der Waals surface area contributed by atoms with Gasteiger partial charge in [-0.1, -0.05) is 168 Å². The van der Waals surface area contributed by atoms with Gasteiger partial charge >= 0.3 is 0 Å². The second-order valence-electron chi connectivity index (χ2n) is 12.8. The van der Waals surface area contributed by atoms with Gasteiger partial charge in [0.2, 0.25) is 0 Å². The van der Waals surface area contributed by atoms with Gasteiger partial charge in [0, 0.05) is 6.92 Å². The number of halogens is 1. The maximum Gasteiger partial charge on any atom is 0.187 e. The molecule has 232 valence electrons. The van der Waals surface area contributed by atoms with Crippen LogP contribution in [-0.2, 0) is 0 Å².